The molecule has 0 aliphatic heterocycles. The largest absolute Gasteiger partial charge is 0.508 e. The number of benzene rings is 1. The van der Waals surface area contributed by atoms with E-state index < -0.39 is 0 Å². The first kappa shape index (κ1) is 14.9. The minimum atomic E-state index is 0.397. The van der Waals surface area contributed by atoms with Gasteiger partial charge in [-0.05, 0) is 59.6 Å². The second-order valence-electron chi connectivity index (χ2n) is 5.21. The van der Waals surface area contributed by atoms with Crippen molar-refractivity contribution in [3.63, 3.8) is 0 Å². The molecular weight excluding hydrogens is 349 g/mol. The summed E-state index contributed by atoms with van der Waals surface area (Å²) in [6.07, 6.45) is 6.85. The van der Waals surface area contributed by atoms with Crippen molar-refractivity contribution in [2.45, 2.75) is 38.6 Å². The van der Waals surface area contributed by atoms with Gasteiger partial charge in [0.25, 0.3) is 0 Å². The maximum atomic E-state index is 9.63. The molecule has 104 valence electrons. The molecule has 1 N–H and O–H groups in total. The van der Waals surface area contributed by atoms with Crippen LogP contribution in [0.1, 0.15) is 30.9 Å². The molecule has 0 aromatic heterocycles. The van der Waals surface area contributed by atoms with E-state index in [0.717, 1.165) is 25.9 Å². The van der Waals surface area contributed by atoms with E-state index in [0.29, 0.717) is 11.8 Å². The number of hydrogen-bond donors (Lipinski definition) is 1. The third-order valence-corrected chi connectivity index (χ3v) is 4.36. The average molecular weight is 371 g/mol. The van der Waals surface area contributed by atoms with Crippen molar-refractivity contribution in [1.29, 1.82) is 0 Å². The zero-order valence-corrected chi connectivity index (χ0v) is 13.6. The number of phenols is 1. The Bertz CT molecular complexity index is 444. The van der Waals surface area contributed by atoms with Crippen LogP contribution in [0.5, 0.6) is 5.75 Å². The molecule has 19 heavy (non-hydrogen) atoms. The quantitative estimate of drug-likeness (QED) is 0.794. The molecule has 0 saturated heterocycles. The Labute approximate surface area is 129 Å². The van der Waals surface area contributed by atoms with Gasteiger partial charge in [0.05, 0.1) is 0 Å². The third kappa shape index (κ3) is 3.96. The summed E-state index contributed by atoms with van der Waals surface area (Å²) in [7, 11) is 0. The highest BCUT2D eigenvalue weighted by molar-refractivity contribution is 14.1. The van der Waals surface area contributed by atoms with E-state index >= 15 is 0 Å². The molecule has 0 heterocycles. The number of aromatic hydroxyl groups is 1. The van der Waals surface area contributed by atoms with Crippen LogP contribution in [0.3, 0.4) is 0 Å². The van der Waals surface area contributed by atoms with E-state index in [1.807, 2.05) is 12.1 Å². The van der Waals surface area contributed by atoms with Crippen molar-refractivity contribution in [3.8, 4) is 5.75 Å². The molecule has 0 amide bonds. The number of hydrogen-bond acceptors (Lipinski definition) is 2. The molecule has 1 atom stereocenters. The second kappa shape index (κ2) is 7.29. The lowest BCUT2D eigenvalue weighted by Crippen LogP contribution is -2.39. The molecule has 0 saturated carbocycles. The summed E-state index contributed by atoms with van der Waals surface area (Å²) in [6.45, 7) is 4.43. The number of halogens is 1. The molecule has 1 aromatic rings. The van der Waals surface area contributed by atoms with Gasteiger partial charge in [0, 0.05) is 12.6 Å². The summed E-state index contributed by atoms with van der Waals surface area (Å²) >= 11 is 2.28. The molecule has 0 bridgehead atoms. The van der Waals surface area contributed by atoms with Gasteiger partial charge in [0.2, 0.25) is 0 Å². The van der Waals surface area contributed by atoms with E-state index in [9.17, 15) is 5.11 Å². The van der Waals surface area contributed by atoms with Gasteiger partial charge in [0.15, 0.2) is 0 Å². The highest BCUT2D eigenvalue weighted by Gasteiger charge is 2.23. The first-order valence-corrected chi connectivity index (χ1v) is 8.29. The number of fused-ring (bicyclic) bond motifs is 1. The number of nitrogens with zero attached hydrogens (tertiary/aromatic N) is 1. The molecule has 0 fully saturated rings. The van der Waals surface area contributed by atoms with E-state index in [1.54, 1.807) is 0 Å². The molecule has 0 radical (unpaired) electrons. The number of phenolic OH excluding ortho intramolecular Hbond substituents is 1. The van der Waals surface area contributed by atoms with Gasteiger partial charge in [-0.1, -0.05) is 41.7 Å². The Morgan fingerprint density at radius 2 is 2.26 bits per heavy atom. The van der Waals surface area contributed by atoms with Crippen molar-refractivity contribution >= 4 is 22.6 Å². The smallest absolute Gasteiger partial charge is 0.115 e. The topological polar surface area (TPSA) is 23.5 Å². The molecular formula is C16H22INO. The molecule has 2 rings (SSSR count). The highest BCUT2D eigenvalue weighted by atomic mass is 127. The summed E-state index contributed by atoms with van der Waals surface area (Å²) in [4.78, 5) is 2.57. The van der Waals surface area contributed by atoms with Crippen molar-refractivity contribution in [2.24, 2.45) is 0 Å². The van der Waals surface area contributed by atoms with Crippen molar-refractivity contribution in [1.82, 2.24) is 4.90 Å². The Morgan fingerprint density at radius 3 is 3.00 bits per heavy atom. The van der Waals surface area contributed by atoms with Gasteiger partial charge in [-0.2, -0.15) is 0 Å². The van der Waals surface area contributed by atoms with Crippen LogP contribution < -0.4 is 0 Å². The van der Waals surface area contributed by atoms with Crippen LogP contribution in [0, 0.1) is 0 Å². The standard InChI is InChI=1S/C16H22INO/c1-2-9-18(10-3-8-17)15-6-4-13-5-7-16(19)12-14(13)11-15/h3,5,7-8,12,15,19H,2,4,6,9-11H2,1H3/b8-3+/t15-/m0/s1. The lowest BCUT2D eigenvalue weighted by atomic mass is 9.87. The number of aryl methyl sites for hydroxylation is 1. The summed E-state index contributed by atoms with van der Waals surface area (Å²) in [5, 5.41) is 9.63. The van der Waals surface area contributed by atoms with Gasteiger partial charge >= 0.3 is 0 Å². The second-order valence-corrected chi connectivity index (χ2v) is 5.93. The van der Waals surface area contributed by atoms with Crippen molar-refractivity contribution in [3.05, 3.63) is 39.5 Å². The minimum absolute atomic E-state index is 0.397. The van der Waals surface area contributed by atoms with Gasteiger partial charge in [-0.3, -0.25) is 4.90 Å². The maximum Gasteiger partial charge on any atom is 0.115 e. The van der Waals surface area contributed by atoms with Gasteiger partial charge in [0.1, 0.15) is 5.75 Å². The lowest BCUT2D eigenvalue weighted by molar-refractivity contribution is 0.199. The van der Waals surface area contributed by atoms with Crippen LogP contribution in [0.25, 0.3) is 0 Å². The average Bonchev–Trinajstić information content (AvgIpc) is 2.42. The zero-order valence-electron chi connectivity index (χ0n) is 11.5. The fourth-order valence-electron chi connectivity index (χ4n) is 2.92. The molecule has 3 heteroatoms. The Balaban J connectivity index is 2.09. The molecule has 0 spiro atoms. The molecule has 1 aromatic carbocycles. The third-order valence-electron chi connectivity index (χ3n) is 3.85. The fourth-order valence-corrected chi connectivity index (χ4v) is 3.15. The minimum Gasteiger partial charge on any atom is -0.508 e. The predicted octanol–water partition coefficient (Wildman–Crippen LogP) is 3.91. The summed E-state index contributed by atoms with van der Waals surface area (Å²) in [5.41, 5.74) is 2.74. The van der Waals surface area contributed by atoms with Gasteiger partial charge in [-0.25, -0.2) is 0 Å². The van der Waals surface area contributed by atoms with Crippen molar-refractivity contribution in [2.75, 3.05) is 13.1 Å². The Morgan fingerprint density at radius 1 is 1.42 bits per heavy atom. The zero-order chi connectivity index (χ0) is 13.7. The first-order chi connectivity index (χ1) is 9.24. The predicted molar refractivity (Wildman–Crippen MR) is 88.9 cm³/mol. The monoisotopic (exact) mass is 371 g/mol. The number of rotatable bonds is 5. The van der Waals surface area contributed by atoms with E-state index in [1.165, 1.54) is 24.0 Å². The molecule has 0 unspecified atom stereocenters. The van der Waals surface area contributed by atoms with Crippen LogP contribution in [0.15, 0.2) is 28.4 Å². The maximum absolute atomic E-state index is 9.63. The SMILES string of the molecule is CCCN(C/C=C/I)[C@H]1CCc2ccc(O)cc2C1. The molecule has 1 aliphatic rings. The van der Waals surface area contributed by atoms with Gasteiger partial charge in [-0.15, -0.1) is 0 Å². The van der Waals surface area contributed by atoms with Crippen LogP contribution in [-0.2, 0) is 12.8 Å². The van der Waals surface area contributed by atoms with Crippen LogP contribution >= 0.6 is 22.6 Å². The normalized spacial score (nSPS) is 19.0. The Hall–Kier alpha value is -0.550. The summed E-state index contributed by atoms with van der Waals surface area (Å²) in [5.74, 6) is 0.397. The van der Waals surface area contributed by atoms with Gasteiger partial charge < -0.3 is 5.11 Å². The van der Waals surface area contributed by atoms with Crippen LogP contribution in [0.2, 0.25) is 0 Å². The fraction of sp³-hybridized carbons (Fsp3) is 0.500. The molecule has 1 aliphatic carbocycles. The van der Waals surface area contributed by atoms with E-state index in [4.69, 9.17) is 0 Å². The summed E-state index contributed by atoms with van der Waals surface area (Å²) in [6, 6.07) is 6.44. The van der Waals surface area contributed by atoms with Crippen LogP contribution in [0.4, 0.5) is 0 Å². The summed E-state index contributed by atoms with van der Waals surface area (Å²) < 4.78 is 2.10. The van der Waals surface area contributed by atoms with E-state index in [2.05, 4.69) is 50.6 Å². The van der Waals surface area contributed by atoms with E-state index in [-0.39, 0.29) is 0 Å². The molecule has 2 nitrogen and oxygen atoms in total. The Kier molecular flexibility index (Phi) is 5.70. The lowest BCUT2D eigenvalue weighted by Gasteiger charge is -2.34. The first-order valence-electron chi connectivity index (χ1n) is 7.04. The van der Waals surface area contributed by atoms with Crippen molar-refractivity contribution < 1.29 is 5.11 Å². The highest BCUT2D eigenvalue weighted by Crippen LogP contribution is 2.27. The van der Waals surface area contributed by atoms with Crippen LogP contribution in [-0.4, -0.2) is 29.1 Å².